The second-order valence-electron chi connectivity index (χ2n) is 7.04. The maximum Gasteiger partial charge on any atom is 0.170 e. The van der Waals surface area contributed by atoms with Crippen LogP contribution in [0.5, 0.6) is 0 Å². The lowest BCUT2D eigenvalue weighted by Gasteiger charge is -2.35. The Balaban J connectivity index is 1.90. The Kier molecular flexibility index (Phi) is 3.65. The Labute approximate surface area is 150 Å². The maximum atomic E-state index is 12.4. The van der Waals surface area contributed by atoms with Gasteiger partial charge in [0.15, 0.2) is 5.78 Å². The summed E-state index contributed by atoms with van der Waals surface area (Å²) in [6.07, 6.45) is 3.43. The average Bonchev–Trinajstić information content (AvgIpc) is 2.91. The van der Waals surface area contributed by atoms with Crippen molar-refractivity contribution < 1.29 is 4.79 Å². The van der Waals surface area contributed by atoms with Crippen molar-refractivity contribution in [1.29, 1.82) is 0 Å². The number of carbonyl (C=O) groups is 1. The van der Waals surface area contributed by atoms with Crippen LogP contribution in [0.4, 0.5) is 5.69 Å². The molecule has 0 saturated carbocycles. The van der Waals surface area contributed by atoms with Crippen LogP contribution in [0, 0.1) is 12.3 Å². The number of nitrogens with two attached hydrogens (primary N) is 1. The highest BCUT2D eigenvalue weighted by molar-refractivity contribution is 9.12. The Bertz CT molecular complexity index is 869. The van der Waals surface area contributed by atoms with Crippen LogP contribution in [0.1, 0.15) is 35.1 Å². The van der Waals surface area contributed by atoms with E-state index in [1.165, 1.54) is 22.3 Å². The van der Waals surface area contributed by atoms with E-state index in [1.807, 2.05) is 12.1 Å². The van der Waals surface area contributed by atoms with Crippen molar-refractivity contribution in [2.24, 2.45) is 5.41 Å². The molecule has 2 N–H and O–H groups in total. The number of benzene rings is 2. The van der Waals surface area contributed by atoms with Crippen LogP contribution in [0.2, 0.25) is 0 Å². The van der Waals surface area contributed by atoms with Crippen LogP contribution in [-0.2, 0) is 17.6 Å². The fourth-order valence-electron chi connectivity index (χ4n) is 4.34. The number of allylic oxidation sites excluding steroid dienone is 2. The van der Waals surface area contributed by atoms with E-state index in [9.17, 15) is 4.79 Å². The van der Waals surface area contributed by atoms with E-state index in [2.05, 4.69) is 53.2 Å². The van der Waals surface area contributed by atoms with E-state index in [1.54, 1.807) is 0 Å². The van der Waals surface area contributed by atoms with Gasteiger partial charge in [-0.25, -0.2) is 0 Å². The van der Waals surface area contributed by atoms with E-state index in [0.717, 1.165) is 35.0 Å². The molecule has 3 heteroatoms. The number of nitrogen functional groups attached to an aromatic ring is 1. The summed E-state index contributed by atoms with van der Waals surface area (Å²) in [5.41, 5.74) is 13.2. The zero-order valence-corrected chi connectivity index (χ0v) is 15.3. The van der Waals surface area contributed by atoms with E-state index < -0.39 is 0 Å². The van der Waals surface area contributed by atoms with Gasteiger partial charge in [0.1, 0.15) is 0 Å². The van der Waals surface area contributed by atoms with Gasteiger partial charge >= 0.3 is 0 Å². The quantitative estimate of drug-likeness (QED) is 0.756. The van der Waals surface area contributed by atoms with Crippen LogP contribution in [0.3, 0.4) is 0 Å². The molecule has 0 amide bonds. The molecule has 24 heavy (non-hydrogen) atoms. The third-order valence-corrected chi connectivity index (χ3v) is 6.47. The van der Waals surface area contributed by atoms with Crippen LogP contribution >= 0.6 is 15.9 Å². The summed E-state index contributed by atoms with van der Waals surface area (Å²) in [7, 11) is 0. The average molecular weight is 382 g/mol. The van der Waals surface area contributed by atoms with Crippen molar-refractivity contribution >= 4 is 33.0 Å². The van der Waals surface area contributed by atoms with E-state index >= 15 is 0 Å². The third-order valence-electron chi connectivity index (χ3n) is 5.64. The van der Waals surface area contributed by atoms with Gasteiger partial charge in [-0.05, 0) is 76.0 Å². The molecular weight excluding hydrogens is 362 g/mol. The number of hydrogen-bond donors (Lipinski definition) is 1. The van der Waals surface area contributed by atoms with Gasteiger partial charge in [-0.3, -0.25) is 4.79 Å². The van der Waals surface area contributed by atoms with Gasteiger partial charge in [0.2, 0.25) is 0 Å². The molecule has 0 aromatic heterocycles. The molecule has 2 nitrogen and oxygen atoms in total. The van der Waals surface area contributed by atoms with E-state index in [4.69, 9.17) is 5.73 Å². The number of hydrogen-bond acceptors (Lipinski definition) is 2. The molecule has 0 heterocycles. The van der Waals surface area contributed by atoms with Crippen LogP contribution < -0.4 is 5.73 Å². The molecule has 122 valence electrons. The first-order valence-electron chi connectivity index (χ1n) is 8.37. The smallest absolute Gasteiger partial charge is 0.170 e. The van der Waals surface area contributed by atoms with Crippen molar-refractivity contribution in [3.05, 3.63) is 69.2 Å². The molecule has 1 unspecified atom stereocenters. The van der Waals surface area contributed by atoms with Gasteiger partial charge in [0.25, 0.3) is 0 Å². The number of anilines is 1. The monoisotopic (exact) mass is 381 g/mol. The standard InChI is InChI=1S/C21H20BrNO/c1-13-16-12-21(11-14-5-3-2-4-6-14)10-9-18(24)20(22)19(21)15(16)7-8-17(13)23/h2-8H,9-12,23H2,1H3. The van der Waals surface area contributed by atoms with Gasteiger partial charge in [0.05, 0.1) is 4.48 Å². The summed E-state index contributed by atoms with van der Waals surface area (Å²) >= 11 is 3.62. The molecule has 0 bridgehead atoms. The Morgan fingerprint density at radius 3 is 2.67 bits per heavy atom. The minimum Gasteiger partial charge on any atom is -0.399 e. The zero-order valence-electron chi connectivity index (χ0n) is 13.7. The first-order valence-corrected chi connectivity index (χ1v) is 9.17. The minimum absolute atomic E-state index is 0.00498. The highest BCUT2D eigenvalue weighted by atomic mass is 79.9. The summed E-state index contributed by atoms with van der Waals surface area (Å²) in [6, 6.07) is 14.7. The van der Waals surface area contributed by atoms with Crippen molar-refractivity contribution in [1.82, 2.24) is 0 Å². The summed E-state index contributed by atoms with van der Waals surface area (Å²) in [6.45, 7) is 2.10. The first-order chi connectivity index (χ1) is 11.5. The van der Waals surface area contributed by atoms with E-state index in [0.29, 0.717) is 6.42 Å². The summed E-state index contributed by atoms with van der Waals surface area (Å²) < 4.78 is 0.771. The summed E-state index contributed by atoms with van der Waals surface area (Å²) in [4.78, 5) is 12.4. The number of fused-ring (bicyclic) bond motifs is 3. The molecule has 1 atom stereocenters. The van der Waals surface area contributed by atoms with Crippen LogP contribution in [0.25, 0.3) is 5.57 Å². The van der Waals surface area contributed by atoms with Crippen molar-refractivity contribution in [2.45, 2.75) is 32.6 Å². The molecule has 2 aliphatic rings. The second kappa shape index (κ2) is 5.59. The molecule has 0 spiro atoms. The van der Waals surface area contributed by atoms with E-state index in [-0.39, 0.29) is 11.2 Å². The highest BCUT2D eigenvalue weighted by Crippen LogP contribution is 2.57. The lowest BCUT2D eigenvalue weighted by Crippen LogP contribution is -2.29. The molecule has 0 radical (unpaired) electrons. The molecule has 4 rings (SSSR count). The Morgan fingerprint density at radius 1 is 1.17 bits per heavy atom. The largest absolute Gasteiger partial charge is 0.399 e. The third kappa shape index (κ3) is 2.26. The van der Waals surface area contributed by atoms with Gasteiger partial charge in [-0.2, -0.15) is 0 Å². The number of rotatable bonds is 2. The van der Waals surface area contributed by atoms with Gasteiger partial charge in [0, 0.05) is 17.5 Å². The molecule has 2 aromatic carbocycles. The first kappa shape index (κ1) is 15.6. The number of Topliss-reactive ketones (excluding diaryl/α,β-unsaturated/α-hetero) is 1. The number of carbonyl (C=O) groups excluding carboxylic acids is 1. The zero-order chi connectivity index (χ0) is 16.9. The van der Waals surface area contributed by atoms with Crippen LogP contribution in [-0.4, -0.2) is 5.78 Å². The van der Waals surface area contributed by atoms with Crippen molar-refractivity contribution in [3.8, 4) is 0 Å². The summed E-state index contributed by atoms with van der Waals surface area (Å²) in [5, 5.41) is 0. The van der Waals surface area contributed by atoms with Gasteiger partial charge < -0.3 is 5.73 Å². The molecule has 2 aromatic rings. The fraction of sp³-hybridized carbons (Fsp3) is 0.286. The lowest BCUT2D eigenvalue weighted by molar-refractivity contribution is -0.115. The Hall–Kier alpha value is -1.87. The van der Waals surface area contributed by atoms with Gasteiger partial charge in [-0.15, -0.1) is 0 Å². The molecular formula is C21H20BrNO. The van der Waals surface area contributed by atoms with Crippen molar-refractivity contribution in [2.75, 3.05) is 5.73 Å². The molecule has 0 saturated heterocycles. The predicted octanol–water partition coefficient (Wildman–Crippen LogP) is 4.83. The second-order valence-corrected chi connectivity index (χ2v) is 7.83. The van der Waals surface area contributed by atoms with Crippen molar-refractivity contribution in [3.63, 3.8) is 0 Å². The molecule has 0 aliphatic heterocycles. The minimum atomic E-state index is -0.00498. The number of halogens is 1. The molecule has 0 fully saturated rings. The van der Waals surface area contributed by atoms with Crippen LogP contribution in [0.15, 0.2) is 46.9 Å². The SMILES string of the molecule is Cc1c(N)ccc2c1CC1(Cc3ccccc3)CCC(=O)C(Br)=C21. The fourth-order valence-corrected chi connectivity index (χ4v) is 5.17. The number of ketones is 1. The summed E-state index contributed by atoms with van der Waals surface area (Å²) in [5.74, 6) is 0.219. The maximum absolute atomic E-state index is 12.4. The Morgan fingerprint density at radius 2 is 1.92 bits per heavy atom. The van der Waals surface area contributed by atoms with Gasteiger partial charge in [-0.1, -0.05) is 36.4 Å². The topological polar surface area (TPSA) is 43.1 Å². The lowest BCUT2D eigenvalue weighted by atomic mass is 9.69. The normalized spacial score (nSPS) is 22.5. The molecule has 2 aliphatic carbocycles. The highest BCUT2D eigenvalue weighted by Gasteiger charge is 2.47. The predicted molar refractivity (Wildman–Crippen MR) is 102 cm³/mol.